The number of carbonyl (C=O) groups excluding carboxylic acids is 2. The van der Waals surface area contributed by atoms with E-state index in [4.69, 9.17) is 0 Å². The van der Waals surface area contributed by atoms with Gasteiger partial charge in [-0.2, -0.15) is 0 Å². The summed E-state index contributed by atoms with van der Waals surface area (Å²) in [5.74, 6) is 1.69. The van der Waals surface area contributed by atoms with Gasteiger partial charge in [0.1, 0.15) is 5.82 Å². The number of amides is 3. The van der Waals surface area contributed by atoms with Gasteiger partial charge in [-0.1, -0.05) is 18.2 Å². The van der Waals surface area contributed by atoms with Gasteiger partial charge in [0.15, 0.2) is 0 Å². The van der Waals surface area contributed by atoms with E-state index in [1.54, 1.807) is 0 Å². The number of nitrogens with zero attached hydrogens (tertiary/aromatic N) is 5. The van der Waals surface area contributed by atoms with Crippen molar-refractivity contribution >= 4 is 17.6 Å². The molecular weight excluding hydrogens is 356 g/mol. The maximum atomic E-state index is 12.7. The number of likely N-dealkylation sites (tertiary alicyclic amines) is 2. The normalized spacial score (nSPS) is 23.4. The molecule has 1 N–H and O–H groups in total. The largest absolute Gasteiger partial charge is 0.325 e. The Hall–Kier alpha value is -2.90. The van der Waals surface area contributed by atoms with E-state index in [0.29, 0.717) is 24.2 Å². The summed E-state index contributed by atoms with van der Waals surface area (Å²) in [6.45, 7) is 3.96. The number of para-hydroxylation sites is 1. The summed E-state index contributed by atoms with van der Waals surface area (Å²) >= 11 is 0. The summed E-state index contributed by atoms with van der Waals surface area (Å²) in [7, 11) is 0. The van der Waals surface area contributed by atoms with E-state index < -0.39 is 0 Å². The zero-order chi connectivity index (χ0) is 19.1. The van der Waals surface area contributed by atoms with Crippen molar-refractivity contribution in [2.45, 2.75) is 25.8 Å². The number of fused-ring (bicyclic) bond motifs is 2. The molecule has 2 atom stereocenters. The summed E-state index contributed by atoms with van der Waals surface area (Å²) < 4.78 is 1.93. The summed E-state index contributed by atoms with van der Waals surface area (Å²) in [6.07, 6.45) is 2.97. The minimum atomic E-state index is -0.244. The van der Waals surface area contributed by atoms with Gasteiger partial charge in [-0.3, -0.25) is 4.79 Å². The van der Waals surface area contributed by atoms with Crippen LogP contribution in [0.3, 0.4) is 0 Å². The number of hydrogen-bond acceptors (Lipinski definition) is 4. The molecule has 146 valence electrons. The first-order valence-electron chi connectivity index (χ1n) is 10.0. The second kappa shape index (κ2) is 6.92. The molecule has 5 rings (SSSR count). The van der Waals surface area contributed by atoms with E-state index in [1.165, 1.54) is 0 Å². The highest BCUT2D eigenvalue weighted by atomic mass is 16.2. The minimum Gasteiger partial charge on any atom is -0.325 e. The van der Waals surface area contributed by atoms with Crippen molar-refractivity contribution in [3.05, 3.63) is 42.0 Å². The quantitative estimate of drug-likeness (QED) is 0.862. The van der Waals surface area contributed by atoms with Gasteiger partial charge in [0.2, 0.25) is 5.82 Å². The van der Waals surface area contributed by atoms with Crippen molar-refractivity contribution in [1.82, 2.24) is 24.6 Å². The lowest BCUT2D eigenvalue weighted by Crippen LogP contribution is -2.40. The lowest BCUT2D eigenvalue weighted by Gasteiger charge is -2.25. The van der Waals surface area contributed by atoms with Crippen LogP contribution in [0.25, 0.3) is 0 Å². The van der Waals surface area contributed by atoms with Crippen molar-refractivity contribution in [3.63, 3.8) is 0 Å². The second-order valence-electron chi connectivity index (χ2n) is 7.98. The number of hydrogen-bond donors (Lipinski definition) is 1. The fourth-order valence-electron chi connectivity index (χ4n) is 4.67. The molecule has 1 aromatic carbocycles. The monoisotopic (exact) mass is 380 g/mol. The van der Waals surface area contributed by atoms with Crippen molar-refractivity contribution in [3.8, 4) is 0 Å². The smallest absolute Gasteiger partial charge is 0.320 e. The Morgan fingerprint density at radius 3 is 2.46 bits per heavy atom. The molecule has 8 heteroatoms. The fourth-order valence-corrected chi connectivity index (χ4v) is 4.67. The second-order valence-corrected chi connectivity index (χ2v) is 7.98. The van der Waals surface area contributed by atoms with E-state index in [-0.39, 0.29) is 11.9 Å². The summed E-state index contributed by atoms with van der Waals surface area (Å²) in [4.78, 5) is 29.4. The first-order chi connectivity index (χ1) is 13.7. The molecule has 2 aromatic rings. The van der Waals surface area contributed by atoms with Crippen molar-refractivity contribution in [2.75, 3.05) is 31.5 Å². The number of nitrogens with one attached hydrogen (secondary N) is 1. The van der Waals surface area contributed by atoms with Crippen LogP contribution in [0, 0.1) is 11.8 Å². The van der Waals surface area contributed by atoms with Gasteiger partial charge in [0, 0.05) is 44.8 Å². The summed E-state index contributed by atoms with van der Waals surface area (Å²) in [5, 5.41) is 11.3. The third kappa shape index (κ3) is 3.02. The van der Waals surface area contributed by atoms with Gasteiger partial charge < -0.3 is 19.7 Å². The molecule has 0 saturated carbocycles. The molecule has 2 saturated heterocycles. The molecule has 8 nitrogen and oxygen atoms in total. The Labute approximate surface area is 163 Å². The van der Waals surface area contributed by atoms with Crippen molar-refractivity contribution in [1.29, 1.82) is 0 Å². The van der Waals surface area contributed by atoms with Crippen LogP contribution in [-0.2, 0) is 13.0 Å². The van der Waals surface area contributed by atoms with Gasteiger partial charge in [-0.05, 0) is 36.8 Å². The van der Waals surface area contributed by atoms with Crippen LogP contribution in [0.15, 0.2) is 30.3 Å². The van der Waals surface area contributed by atoms with Crippen LogP contribution in [-0.4, -0.2) is 62.7 Å². The third-order valence-corrected chi connectivity index (χ3v) is 6.15. The Morgan fingerprint density at radius 2 is 1.68 bits per heavy atom. The lowest BCUT2D eigenvalue weighted by atomic mass is 9.89. The molecule has 1 aromatic heterocycles. The van der Waals surface area contributed by atoms with Gasteiger partial charge in [0.05, 0.1) is 0 Å². The maximum Gasteiger partial charge on any atom is 0.320 e. The van der Waals surface area contributed by atoms with Crippen LogP contribution in [0.4, 0.5) is 10.5 Å². The van der Waals surface area contributed by atoms with Crippen LogP contribution in [0.2, 0.25) is 0 Å². The Kier molecular flexibility index (Phi) is 4.26. The van der Waals surface area contributed by atoms with Gasteiger partial charge in [-0.25, -0.2) is 4.79 Å². The van der Waals surface area contributed by atoms with E-state index in [0.717, 1.165) is 57.0 Å². The lowest BCUT2D eigenvalue weighted by molar-refractivity contribution is 0.100. The van der Waals surface area contributed by atoms with E-state index in [2.05, 4.69) is 15.5 Å². The summed E-state index contributed by atoms with van der Waals surface area (Å²) in [6, 6.07) is 9.53. The average molecular weight is 380 g/mol. The molecule has 2 fully saturated rings. The van der Waals surface area contributed by atoms with E-state index in [1.807, 2.05) is 44.7 Å². The van der Waals surface area contributed by atoms with Crippen molar-refractivity contribution < 1.29 is 9.59 Å². The number of anilines is 1. The Morgan fingerprint density at radius 1 is 0.929 bits per heavy atom. The highest BCUT2D eigenvalue weighted by Crippen LogP contribution is 2.33. The topological polar surface area (TPSA) is 83.4 Å². The van der Waals surface area contributed by atoms with Gasteiger partial charge in [0.25, 0.3) is 5.91 Å². The fraction of sp³-hybridized carbons (Fsp3) is 0.500. The van der Waals surface area contributed by atoms with Crippen molar-refractivity contribution in [2.24, 2.45) is 11.8 Å². The molecule has 0 aliphatic carbocycles. The van der Waals surface area contributed by atoms with E-state index >= 15 is 0 Å². The molecule has 3 aliphatic rings. The maximum absolute atomic E-state index is 12.7. The highest BCUT2D eigenvalue weighted by Gasteiger charge is 2.41. The molecular formula is C20H24N6O2. The van der Waals surface area contributed by atoms with Crippen LogP contribution in [0.5, 0.6) is 0 Å². The molecule has 0 unspecified atom stereocenters. The first kappa shape index (κ1) is 17.2. The predicted molar refractivity (Wildman–Crippen MR) is 103 cm³/mol. The van der Waals surface area contributed by atoms with E-state index in [9.17, 15) is 9.59 Å². The molecule has 4 heterocycles. The zero-order valence-corrected chi connectivity index (χ0v) is 15.8. The van der Waals surface area contributed by atoms with Crippen LogP contribution in [0.1, 0.15) is 29.3 Å². The Bertz CT molecular complexity index is 889. The molecule has 0 radical (unpaired) electrons. The Balaban J connectivity index is 1.29. The van der Waals surface area contributed by atoms with Gasteiger partial charge >= 0.3 is 6.03 Å². The SMILES string of the molecule is O=C(Nc1ccccc1)c1nnc2n1C[C@@H]1CN(C(=O)N3CCCC3)C[C@@H]1C2. The molecule has 0 bridgehead atoms. The number of benzene rings is 1. The predicted octanol–water partition coefficient (Wildman–Crippen LogP) is 1.85. The number of urea groups is 1. The van der Waals surface area contributed by atoms with Crippen LogP contribution < -0.4 is 5.32 Å². The zero-order valence-electron chi connectivity index (χ0n) is 15.8. The standard InChI is InChI=1S/C20H24N6O2/c27-19(21-16-6-2-1-3-7-16)18-23-22-17-10-14-11-25(12-15(14)13-26(17)18)20(28)24-8-4-5-9-24/h1-3,6-7,14-15H,4-5,8-13H2,(H,21,27)/t14-,15-/m0/s1. The molecule has 28 heavy (non-hydrogen) atoms. The molecule has 3 amide bonds. The van der Waals surface area contributed by atoms with Gasteiger partial charge in [-0.15, -0.1) is 10.2 Å². The third-order valence-electron chi connectivity index (χ3n) is 6.15. The number of aromatic nitrogens is 3. The molecule has 3 aliphatic heterocycles. The minimum absolute atomic E-state index is 0.171. The molecule has 0 spiro atoms. The number of rotatable bonds is 2. The number of carbonyl (C=O) groups is 2. The first-order valence-corrected chi connectivity index (χ1v) is 10.0. The highest BCUT2D eigenvalue weighted by molar-refractivity contribution is 6.01. The average Bonchev–Trinajstić information content (AvgIpc) is 3.45. The summed E-state index contributed by atoms with van der Waals surface area (Å²) in [5.41, 5.74) is 0.738. The van der Waals surface area contributed by atoms with Crippen LogP contribution >= 0.6 is 0 Å².